The van der Waals surface area contributed by atoms with Crippen LogP contribution in [0, 0.1) is 0 Å². The predicted octanol–water partition coefficient (Wildman–Crippen LogP) is 1.42. The predicted molar refractivity (Wildman–Crippen MR) is 96.6 cm³/mol. The minimum absolute atomic E-state index is 0.196. The third-order valence-corrected chi connectivity index (χ3v) is 5.41. The van der Waals surface area contributed by atoms with Crippen LogP contribution >= 0.6 is 0 Å². The van der Waals surface area contributed by atoms with Crippen LogP contribution in [-0.4, -0.2) is 53.5 Å². The molecule has 144 valence electrons. The summed E-state index contributed by atoms with van der Waals surface area (Å²) in [5.41, 5.74) is 2.00. The average molecular weight is 375 g/mol. The largest absolute Gasteiger partial charge is 0.483 e. The summed E-state index contributed by atoms with van der Waals surface area (Å²) < 4.78 is 28.3. The number of nitrogens with zero attached hydrogens (tertiary/aromatic N) is 3. The highest BCUT2D eigenvalue weighted by molar-refractivity contribution is 7.89. The first kappa shape index (κ1) is 21.6. The molecule has 2 heterocycles. The van der Waals surface area contributed by atoms with Gasteiger partial charge in [-0.1, -0.05) is 26.7 Å². The first-order chi connectivity index (χ1) is 12.0. The molecule has 0 saturated carbocycles. The Morgan fingerprint density at radius 2 is 1.96 bits per heavy atom. The van der Waals surface area contributed by atoms with Crippen molar-refractivity contribution in [1.29, 1.82) is 0 Å². The summed E-state index contributed by atoms with van der Waals surface area (Å²) in [6.07, 6.45) is 4.01. The van der Waals surface area contributed by atoms with Crippen molar-refractivity contribution in [3.05, 3.63) is 17.5 Å². The van der Waals surface area contributed by atoms with E-state index in [-0.39, 0.29) is 12.2 Å². The number of rotatable bonds is 9. The molecule has 1 aromatic rings. The molecule has 25 heavy (non-hydrogen) atoms. The van der Waals surface area contributed by atoms with Crippen LogP contribution in [0.5, 0.6) is 0 Å². The van der Waals surface area contributed by atoms with E-state index >= 15 is 0 Å². The summed E-state index contributed by atoms with van der Waals surface area (Å²) in [4.78, 5) is 10.8. The van der Waals surface area contributed by atoms with Crippen LogP contribution in [0.2, 0.25) is 0 Å². The lowest BCUT2D eigenvalue weighted by Crippen LogP contribution is -2.34. The van der Waals surface area contributed by atoms with Crippen LogP contribution in [0.15, 0.2) is 6.07 Å². The summed E-state index contributed by atoms with van der Waals surface area (Å²) in [7, 11) is -3.18. The normalized spacial score (nSPS) is 14.5. The third kappa shape index (κ3) is 7.98. The van der Waals surface area contributed by atoms with Gasteiger partial charge in [-0.05, 0) is 25.5 Å². The van der Waals surface area contributed by atoms with E-state index < -0.39 is 10.0 Å². The van der Waals surface area contributed by atoms with Crippen LogP contribution in [0.3, 0.4) is 0 Å². The van der Waals surface area contributed by atoms with E-state index in [1.54, 1.807) is 0 Å². The highest BCUT2D eigenvalue weighted by Crippen LogP contribution is 2.14. The fourth-order valence-corrected chi connectivity index (χ4v) is 3.81. The van der Waals surface area contributed by atoms with Gasteiger partial charge in [0.15, 0.2) is 0 Å². The maximum Gasteiger partial charge on any atom is 0.290 e. The molecular formula is C16H30N4O4S. The van der Waals surface area contributed by atoms with Crippen molar-refractivity contribution in [2.24, 2.45) is 0 Å². The van der Waals surface area contributed by atoms with E-state index in [4.69, 9.17) is 9.90 Å². The van der Waals surface area contributed by atoms with Gasteiger partial charge >= 0.3 is 0 Å². The van der Waals surface area contributed by atoms with Gasteiger partial charge in [0, 0.05) is 13.1 Å². The SMILES string of the molecule is CCCCN1CCn2nc(CNS(=O)(=O)CCCC)cc2C1.O=CO. The van der Waals surface area contributed by atoms with Crippen molar-refractivity contribution in [2.45, 2.75) is 59.2 Å². The van der Waals surface area contributed by atoms with Gasteiger partial charge < -0.3 is 5.11 Å². The summed E-state index contributed by atoms with van der Waals surface area (Å²) in [5.74, 6) is 0.196. The number of unbranched alkanes of at least 4 members (excludes halogenated alkanes) is 2. The van der Waals surface area contributed by atoms with E-state index in [1.807, 2.05) is 17.7 Å². The molecule has 0 saturated heterocycles. The van der Waals surface area contributed by atoms with Crippen LogP contribution in [-0.2, 0) is 34.5 Å². The highest BCUT2D eigenvalue weighted by atomic mass is 32.2. The van der Waals surface area contributed by atoms with Crippen molar-refractivity contribution < 1.29 is 18.3 Å². The molecule has 0 unspecified atom stereocenters. The smallest absolute Gasteiger partial charge is 0.290 e. The molecule has 0 radical (unpaired) electrons. The van der Waals surface area contributed by atoms with Gasteiger partial charge in [-0.3, -0.25) is 14.4 Å². The van der Waals surface area contributed by atoms with Crippen LogP contribution in [0.4, 0.5) is 0 Å². The van der Waals surface area contributed by atoms with Crippen molar-refractivity contribution >= 4 is 16.5 Å². The number of carbonyl (C=O) groups is 1. The van der Waals surface area contributed by atoms with Crippen molar-refractivity contribution in [3.63, 3.8) is 0 Å². The molecule has 2 rings (SSSR count). The quantitative estimate of drug-likeness (QED) is 0.634. The number of nitrogens with one attached hydrogen (secondary N) is 1. The second-order valence-electron chi connectivity index (χ2n) is 6.08. The lowest BCUT2D eigenvalue weighted by Gasteiger charge is -2.27. The highest BCUT2D eigenvalue weighted by Gasteiger charge is 2.18. The monoisotopic (exact) mass is 374 g/mol. The van der Waals surface area contributed by atoms with E-state index in [2.05, 4.69) is 21.6 Å². The molecule has 1 aliphatic rings. The zero-order valence-corrected chi connectivity index (χ0v) is 16.0. The standard InChI is InChI=1S/C15H28N4O2S.CH2O2/c1-3-5-7-18-8-9-19-15(13-18)11-14(17-19)12-16-22(20,21)10-6-4-2;2-1-3/h11,16H,3-10,12-13H2,1-2H3;1H,(H,2,3). The second-order valence-corrected chi connectivity index (χ2v) is 8.01. The average Bonchev–Trinajstić information content (AvgIpc) is 2.99. The number of fused-ring (bicyclic) bond motifs is 1. The van der Waals surface area contributed by atoms with E-state index in [0.29, 0.717) is 13.0 Å². The number of hydrogen-bond donors (Lipinski definition) is 2. The fourth-order valence-electron chi connectivity index (χ4n) is 2.63. The number of aromatic nitrogens is 2. The van der Waals surface area contributed by atoms with Crippen LogP contribution in [0.25, 0.3) is 0 Å². The molecule has 0 aliphatic carbocycles. The Labute approximate surface area is 150 Å². The van der Waals surface area contributed by atoms with Gasteiger partial charge in [0.2, 0.25) is 10.0 Å². The van der Waals surface area contributed by atoms with Gasteiger partial charge in [0.25, 0.3) is 6.47 Å². The van der Waals surface area contributed by atoms with E-state index in [0.717, 1.165) is 38.3 Å². The maximum atomic E-state index is 11.8. The van der Waals surface area contributed by atoms with Crippen LogP contribution in [0.1, 0.15) is 50.9 Å². The van der Waals surface area contributed by atoms with E-state index in [1.165, 1.54) is 18.5 Å². The van der Waals surface area contributed by atoms with Crippen molar-refractivity contribution in [1.82, 2.24) is 19.4 Å². The number of hydrogen-bond acceptors (Lipinski definition) is 5. The van der Waals surface area contributed by atoms with Gasteiger partial charge in [-0.25, -0.2) is 13.1 Å². The lowest BCUT2D eigenvalue weighted by atomic mass is 10.2. The molecule has 0 atom stereocenters. The summed E-state index contributed by atoms with van der Waals surface area (Å²) in [5, 5.41) is 11.4. The molecule has 2 N–H and O–H groups in total. The topological polar surface area (TPSA) is 105 Å². The zero-order chi connectivity index (χ0) is 18.7. The molecular weight excluding hydrogens is 344 g/mol. The molecule has 1 aromatic heterocycles. The second kappa shape index (κ2) is 11.2. The minimum Gasteiger partial charge on any atom is -0.483 e. The van der Waals surface area contributed by atoms with Gasteiger partial charge in [0.05, 0.1) is 30.2 Å². The molecule has 8 nitrogen and oxygen atoms in total. The Hall–Kier alpha value is -1.45. The fraction of sp³-hybridized carbons (Fsp3) is 0.750. The minimum atomic E-state index is -3.18. The maximum absolute atomic E-state index is 11.8. The summed E-state index contributed by atoms with van der Waals surface area (Å²) in [6.45, 7) is 8.19. The molecule has 1 aliphatic heterocycles. The Morgan fingerprint density at radius 1 is 1.28 bits per heavy atom. The Bertz CT molecular complexity index is 616. The first-order valence-electron chi connectivity index (χ1n) is 8.78. The molecule has 0 spiro atoms. The molecule has 0 amide bonds. The Morgan fingerprint density at radius 3 is 2.60 bits per heavy atom. The van der Waals surface area contributed by atoms with Crippen LogP contribution < -0.4 is 4.72 Å². The van der Waals surface area contributed by atoms with Gasteiger partial charge in [-0.2, -0.15) is 5.10 Å². The summed E-state index contributed by atoms with van der Waals surface area (Å²) >= 11 is 0. The zero-order valence-electron chi connectivity index (χ0n) is 15.1. The number of sulfonamides is 1. The lowest BCUT2D eigenvalue weighted by molar-refractivity contribution is -0.122. The first-order valence-corrected chi connectivity index (χ1v) is 10.4. The molecule has 0 aromatic carbocycles. The number of carboxylic acid groups (broad SMARTS) is 1. The van der Waals surface area contributed by atoms with E-state index in [9.17, 15) is 8.42 Å². The summed E-state index contributed by atoms with van der Waals surface area (Å²) in [6, 6.07) is 2.03. The van der Waals surface area contributed by atoms with Crippen molar-refractivity contribution in [3.8, 4) is 0 Å². The molecule has 0 bridgehead atoms. The molecule has 0 fully saturated rings. The van der Waals surface area contributed by atoms with Gasteiger partial charge in [0.1, 0.15) is 0 Å². The third-order valence-electron chi connectivity index (χ3n) is 4.00. The Kier molecular flexibility index (Phi) is 9.69. The van der Waals surface area contributed by atoms with Crippen molar-refractivity contribution in [2.75, 3.05) is 18.8 Å². The van der Waals surface area contributed by atoms with Gasteiger partial charge in [-0.15, -0.1) is 0 Å². The molecule has 9 heteroatoms. The Balaban J connectivity index is 0.000000970.